The summed E-state index contributed by atoms with van der Waals surface area (Å²) in [6, 6.07) is 7.26. The van der Waals surface area contributed by atoms with Gasteiger partial charge in [0.2, 0.25) is 0 Å². The molecule has 1 aromatic rings. The second kappa shape index (κ2) is 9.28. The molecule has 0 aliphatic carbocycles. The van der Waals surface area contributed by atoms with Gasteiger partial charge in [0, 0.05) is 38.9 Å². The van der Waals surface area contributed by atoms with Crippen molar-refractivity contribution in [2.45, 2.75) is 6.10 Å². The average molecular weight is 288 g/mol. The van der Waals surface area contributed by atoms with Crippen molar-refractivity contribution in [3.63, 3.8) is 0 Å². The van der Waals surface area contributed by atoms with Crippen LogP contribution in [0.5, 0.6) is 0 Å². The van der Waals surface area contributed by atoms with Gasteiger partial charge in [0.1, 0.15) is 0 Å². The van der Waals surface area contributed by atoms with Crippen LogP contribution in [0, 0.1) is 0 Å². The molecule has 0 aromatic heterocycles. The smallest absolute Gasteiger partial charge is 0.0916 e. The van der Waals surface area contributed by atoms with E-state index < -0.39 is 6.10 Å². The maximum absolute atomic E-state index is 10.2. The minimum absolute atomic E-state index is 0.536. The Bertz CT molecular complexity index is 337. The summed E-state index contributed by atoms with van der Waals surface area (Å²) in [5.41, 5.74) is 0.865. The number of aliphatic hydroxyl groups excluding tert-OH is 1. The molecule has 1 rings (SSSR count). The van der Waals surface area contributed by atoms with Crippen molar-refractivity contribution in [3.05, 3.63) is 34.9 Å². The van der Waals surface area contributed by atoms with Gasteiger partial charge >= 0.3 is 0 Å². The number of nitrogens with zero attached hydrogens (tertiary/aromatic N) is 1. The number of benzene rings is 1. The van der Waals surface area contributed by atoms with Gasteiger partial charge in [-0.15, -0.1) is 0 Å². The lowest BCUT2D eigenvalue weighted by Gasteiger charge is -2.24. The summed E-state index contributed by atoms with van der Waals surface area (Å²) in [4.78, 5) is 2.12. The lowest BCUT2D eigenvalue weighted by molar-refractivity contribution is 0.0697. The van der Waals surface area contributed by atoms with E-state index in [9.17, 15) is 5.11 Å². The van der Waals surface area contributed by atoms with E-state index in [1.165, 1.54) is 0 Å². The first-order valence-electron chi connectivity index (χ1n) is 6.31. The van der Waals surface area contributed by atoms with Gasteiger partial charge in [-0.2, -0.15) is 0 Å². The third-order valence-electron chi connectivity index (χ3n) is 2.91. The number of hydrogen-bond acceptors (Lipinski definition) is 4. The van der Waals surface area contributed by atoms with Crippen LogP contribution in [0.4, 0.5) is 0 Å². The third-order valence-corrected chi connectivity index (χ3v) is 3.16. The Morgan fingerprint density at radius 1 is 1.11 bits per heavy atom. The quantitative estimate of drug-likeness (QED) is 0.754. The molecule has 0 saturated heterocycles. The Morgan fingerprint density at radius 3 is 2.11 bits per heavy atom. The third kappa shape index (κ3) is 6.36. The van der Waals surface area contributed by atoms with Crippen molar-refractivity contribution in [2.75, 3.05) is 47.1 Å². The summed E-state index contributed by atoms with van der Waals surface area (Å²) in [7, 11) is 3.34. The molecule has 0 amide bonds. The molecule has 1 aromatic carbocycles. The standard InChI is InChI=1S/C14H22ClNO3/c1-18-9-7-16(8-10-19-2)11-14(17)12-3-5-13(15)6-4-12/h3-6,14,17H,7-11H2,1-2H3. The van der Waals surface area contributed by atoms with E-state index in [1.807, 2.05) is 12.1 Å². The van der Waals surface area contributed by atoms with Gasteiger partial charge in [-0.3, -0.25) is 4.90 Å². The zero-order valence-electron chi connectivity index (χ0n) is 11.5. The molecule has 4 nitrogen and oxygen atoms in total. The molecular weight excluding hydrogens is 266 g/mol. The fourth-order valence-corrected chi connectivity index (χ4v) is 1.90. The molecule has 0 fully saturated rings. The zero-order chi connectivity index (χ0) is 14.1. The Hall–Kier alpha value is -0.650. The van der Waals surface area contributed by atoms with E-state index in [4.69, 9.17) is 21.1 Å². The van der Waals surface area contributed by atoms with E-state index in [1.54, 1.807) is 26.4 Å². The lowest BCUT2D eigenvalue weighted by Crippen LogP contribution is -2.34. The maximum Gasteiger partial charge on any atom is 0.0916 e. The zero-order valence-corrected chi connectivity index (χ0v) is 12.3. The molecule has 1 unspecified atom stereocenters. The lowest BCUT2D eigenvalue weighted by atomic mass is 10.1. The van der Waals surface area contributed by atoms with Gasteiger partial charge in [0.15, 0.2) is 0 Å². The van der Waals surface area contributed by atoms with Crippen molar-refractivity contribution in [2.24, 2.45) is 0 Å². The number of methoxy groups -OCH3 is 2. The molecule has 19 heavy (non-hydrogen) atoms. The van der Waals surface area contributed by atoms with Crippen molar-refractivity contribution in [3.8, 4) is 0 Å². The molecule has 0 aliphatic heterocycles. The summed E-state index contributed by atoms with van der Waals surface area (Å²) in [5.74, 6) is 0. The largest absolute Gasteiger partial charge is 0.387 e. The fraction of sp³-hybridized carbons (Fsp3) is 0.571. The van der Waals surface area contributed by atoms with Gasteiger partial charge < -0.3 is 14.6 Å². The number of rotatable bonds is 9. The Kier molecular flexibility index (Phi) is 8.02. The molecule has 0 bridgehead atoms. The van der Waals surface area contributed by atoms with E-state index >= 15 is 0 Å². The molecule has 5 heteroatoms. The van der Waals surface area contributed by atoms with Crippen LogP contribution in [0.2, 0.25) is 5.02 Å². The molecule has 0 radical (unpaired) electrons. The van der Waals surface area contributed by atoms with Crippen molar-refractivity contribution >= 4 is 11.6 Å². The van der Waals surface area contributed by atoms with Gasteiger partial charge in [-0.1, -0.05) is 23.7 Å². The normalized spacial score (nSPS) is 12.9. The molecular formula is C14H22ClNO3. The minimum Gasteiger partial charge on any atom is -0.387 e. The molecule has 0 heterocycles. The topological polar surface area (TPSA) is 41.9 Å². The summed E-state index contributed by atoms with van der Waals surface area (Å²) in [6.07, 6.45) is -0.536. The van der Waals surface area contributed by atoms with E-state index in [-0.39, 0.29) is 0 Å². The summed E-state index contributed by atoms with van der Waals surface area (Å²) in [6.45, 7) is 3.36. The minimum atomic E-state index is -0.536. The highest BCUT2D eigenvalue weighted by molar-refractivity contribution is 6.30. The first-order valence-corrected chi connectivity index (χ1v) is 6.69. The van der Waals surface area contributed by atoms with Crippen LogP contribution in [0.1, 0.15) is 11.7 Å². The summed E-state index contributed by atoms with van der Waals surface area (Å²) >= 11 is 5.83. The Morgan fingerprint density at radius 2 is 1.63 bits per heavy atom. The molecule has 108 valence electrons. The Labute approximate surface area is 119 Å². The average Bonchev–Trinajstić information content (AvgIpc) is 2.42. The highest BCUT2D eigenvalue weighted by atomic mass is 35.5. The van der Waals surface area contributed by atoms with Gasteiger partial charge in [-0.25, -0.2) is 0 Å². The molecule has 1 atom stereocenters. The van der Waals surface area contributed by atoms with Crippen LogP contribution in [-0.4, -0.2) is 57.1 Å². The summed E-state index contributed by atoms with van der Waals surface area (Å²) < 4.78 is 10.1. The summed E-state index contributed by atoms with van der Waals surface area (Å²) in [5, 5.41) is 10.9. The number of hydrogen-bond donors (Lipinski definition) is 1. The predicted molar refractivity (Wildman–Crippen MR) is 76.6 cm³/mol. The van der Waals surface area contributed by atoms with Crippen molar-refractivity contribution < 1.29 is 14.6 Å². The van der Waals surface area contributed by atoms with Crippen molar-refractivity contribution in [1.29, 1.82) is 0 Å². The molecule has 0 aliphatic rings. The van der Waals surface area contributed by atoms with Crippen molar-refractivity contribution in [1.82, 2.24) is 4.90 Å². The fourth-order valence-electron chi connectivity index (χ4n) is 1.77. The van der Waals surface area contributed by atoms with Gasteiger partial charge in [0.05, 0.1) is 19.3 Å². The van der Waals surface area contributed by atoms with Crippen LogP contribution >= 0.6 is 11.6 Å². The SMILES string of the molecule is COCCN(CCOC)CC(O)c1ccc(Cl)cc1. The molecule has 0 spiro atoms. The predicted octanol–water partition coefficient (Wildman–Crippen LogP) is 1.97. The van der Waals surface area contributed by atoms with E-state index in [0.717, 1.165) is 18.7 Å². The maximum atomic E-state index is 10.2. The monoisotopic (exact) mass is 287 g/mol. The van der Waals surface area contributed by atoms with E-state index in [0.29, 0.717) is 24.8 Å². The van der Waals surface area contributed by atoms with E-state index in [2.05, 4.69) is 4.90 Å². The second-order valence-electron chi connectivity index (χ2n) is 4.35. The van der Waals surface area contributed by atoms with Crippen LogP contribution in [-0.2, 0) is 9.47 Å². The van der Waals surface area contributed by atoms with Gasteiger partial charge in [-0.05, 0) is 17.7 Å². The van der Waals surface area contributed by atoms with Crippen LogP contribution in [0.15, 0.2) is 24.3 Å². The number of halogens is 1. The highest BCUT2D eigenvalue weighted by Gasteiger charge is 2.13. The molecule has 1 N–H and O–H groups in total. The second-order valence-corrected chi connectivity index (χ2v) is 4.79. The first-order chi connectivity index (χ1) is 9.17. The van der Waals surface area contributed by atoms with Crippen LogP contribution in [0.3, 0.4) is 0 Å². The first kappa shape index (κ1) is 16.4. The van der Waals surface area contributed by atoms with Crippen LogP contribution in [0.25, 0.3) is 0 Å². The Balaban J connectivity index is 2.53. The number of ether oxygens (including phenoxy) is 2. The highest BCUT2D eigenvalue weighted by Crippen LogP contribution is 2.17. The van der Waals surface area contributed by atoms with Crippen LogP contribution < -0.4 is 0 Å². The van der Waals surface area contributed by atoms with Gasteiger partial charge in [0.25, 0.3) is 0 Å². The molecule has 0 saturated carbocycles. The number of aliphatic hydroxyl groups is 1.